The maximum atomic E-state index is 11.3. The van der Waals surface area contributed by atoms with Gasteiger partial charge in [0.05, 0.1) is 5.69 Å². The number of piperazine rings is 1. The predicted octanol–water partition coefficient (Wildman–Crippen LogP) is 4.30. The van der Waals surface area contributed by atoms with E-state index in [9.17, 15) is 9.90 Å². The summed E-state index contributed by atoms with van der Waals surface area (Å²) in [7, 11) is 0. The molecule has 0 atom stereocenters. The maximum Gasteiger partial charge on any atom is 0.339 e. The van der Waals surface area contributed by atoms with Crippen molar-refractivity contribution in [1.82, 2.24) is 14.8 Å². The van der Waals surface area contributed by atoms with Gasteiger partial charge in [-0.1, -0.05) is 41.9 Å². The van der Waals surface area contributed by atoms with Gasteiger partial charge in [-0.25, -0.2) is 4.79 Å². The number of nitrogens with zero attached hydrogens (tertiary/aromatic N) is 3. The number of benzene rings is 2. The van der Waals surface area contributed by atoms with Gasteiger partial charge in [-0.15, -0.1) is 0 Å². The molecule has 1 aliphatic heterocycles. The second-order valence-corrected chi connectivity index (χ2v) is 8.22. The molecule has 6 nitrogen and oxygen atoms in total. The van der Waals surface area contributed by atoms with Crippen LogP contribution >= 0.6 is 11.6 Å². The summed E-state index contributed by atoms with van der Waals surface area (Å²) < 4.78 is 5.74. The van der Waals surface area contributed by atoms with E-state index in [4.69, 9.17) is 16.3 Å². The molecule has 2 aromatic carbocycles. The molecule has 1 aliphatic rings. The van der Waals surface area contributed by atoms with E-state index in [1.54, 1.807) is 24.3 Å². The topological polar surface area (TPSA) is 65.9 Å². The van der Waals surface area contributed by atoms with Gasteiger partial charge in [-0.05, 0) is 35.9 Å². The van der Waals surface area contributed by atoms with Gasteiger partial charge in [-0.3, -0.25) is 14.8 Å². The molecule has 0 spiro atoms. The number of rotatable bonds is 8. The first-order valence-corrected chi connectivity index (χ1v) is 11.1. The summed E-state index contributed by atoms with van der Waals surface area (Å²) in [6, 6.07) is 18.7. The Morgan fingerprint density at radius 2 is 1.69 bits per heavy atom. The lowest BCUT2D eigenvalue weighted by molar-refractivity contribution is 0.0690. The minimum atomic E-state index is -0.970. The lowest BCUT2D eigenvalue weighted by atomic mass is 10.1. The van der Waals surface area contributed by atoms with E-state index in [0.717, 1.165) is 55.5 Å². The average Bonchev–Trinajstić information content (AvgIpc) is 2.81. The first-order valence-electron chi connectivity index (χ1n) is 10.7. The highest BCUT2D eigenvalue weighted by molar-refractivity contribution is 6.30. The third-order valence-corrected chi connectivity index (χ3v) is 5.90. The standard InChI is InChI=1S/C25H26ClN3O3/c26-21-9-7-19(8-10-21)24-20(4-3-11-27-24)18-29-14-12-28(13-15-29)16-17-32-23-6-2-1-5-22(23)25(30)31/h1-11H,12-18H2,(H,30,31). The lowest BCUT2D eigenvalue weighted by Gasteiger charge is -2.34. The monoisotopic (exact) mass is 451 g/mol. The normalized spacial score (nSPS) is 14.9. The summed E-state index contributed by atoms with van der Waals surface area (Å²) in [6.45, 7) is 5.89. The first-order chi connectivity index (χ1) is 15.6. The summed E-state index contributed by atoms with van der Waals surface area (Å²) in [5.74, 6) is -0.549. The molecule has 0 aliphatic carbocycles. The van der Waals surface area contributed by atoms with E-state index in [0.29, 0.717) is 12.4 Å². The molecule has 3 aromatic rings. The van der Waals surface area contributed by atoms with Crippen molar-refractivity contribution in [3.05, 3.63) is 83.0 Å². The van der Waals surface area contributed by atoms with E-state index >= 15 is 0 Å². The van der Waals surface area contributed by atoms with Crippen LogP contribution in [0.3, 0.4) is 0 Å². The summed E-state index contributed by atoms with van der Waals surface area (Å²) in [5, 5.41) is 9.98. The summed E-state index contributed by atoms with van der Waals surface area (Å²) in [5.41, 5.74) is 3.47. The SMILES string of the molecule is O=C(O)c1ccccc1OCCN1CCN(Cc2cccnc2-c2ccc(Cl)cc2)CC1. The number of ether oxygens (including phenoxy) is 1. The Labute approximate surface area is 193 Å². The average molecular weight is 452 g/mol. The van der Waals surface area contributed by atoms with Crippen LogP contribution in [0.15, 0.2) is 66.9 Å². The first kappa shape index (κ1) is 22.3. The molecular formula is C25H26ClN3O3. The molecule has 0 unspecified atom stereocenters. The minimum absolute atomic E-state index is 0.199. The number of aromatic carboxylic acids is 1. The van der Waals surface area contributed by atoms with Crippen molar-refractivity contribution < 1.29 is 14.6 Å². The highest BCUT2D eigenvalue weighted by Gasteiger charge is 2.19. The fraction of sp³-hybridized carbons (Fsp3) is 0.280. The zero-order valence-corrected chi connectivity index (χ0v) is 18.5. The summed E-state index contributed by atoms with van der Waals surface area (Å²) in [4.78, 5) is 20.7. The van der Waals surface area contributed by atoms with Crippen LogP contribution in [0.25, 0.3) is 11.3 Å². The zero-order chi connectivity index (χ0) is 22.3. The number of halogens is 1. The lowest BCUT2D eigenvalue weighted by Crippen LogP contribution is -2.47. The van der Waals surface area contributed by atoms with Crippen molar-refractivity contribution in [3.63, 3.8) is 0 Å². The predicted molar refractivity (Wildman–Crippen MR) is 125 cm³/mol. The van der Waals surface area contributed by atoms with Gasteiger partial charge in [0, 0.05) is 56.1 Å². The minimum Gasteiger partial charge on any atom is -0.491 e. The largest absolute Gasteiger partial charge is 0.491 e. The zero-order valence-electron chi connectivity index (χ0n) is 17.8. The molecule has 32 heavy (non-hydrogen) atoms. The highest BCUT2D eigenvalue weighted by Crippen LogP contribution is 2.24. The molecule has 1 aromatic heterocycles. The number of pyridine rings is 1. The van der Waals surface area contributed by atoms with Crippen LogP contribution in [-0.2, 0) is 6.54 Å². The molecule has 0 radical (unpaired) electrons. The highest BCUT2D eigenvalue weighted by atomic mass is 35.5. The van der Waals surface area contributed by atoms with Crippen LogP contribution in [0.5, 0.6) is 5.75 Å². The Kier molecular flexibility index (Phi) is 7.37. The maximum absolute atomic E-state index is 11.3. The van der Waals surface area contributed by atoms with Gasteiger partial charge in [0.15, 0.2) is 0 Å². The molecule has 2 heterocycles. The van der Waals surface area contributed by atoms with Crippen LogP contribution in [0, 0.1) is 0 Å². The number of carbonyl (C=O) groups is 1. The van der Waals surface area contributed by atoms with E-state index in [1.165, 1.54) is 5.56 Å². The van der Waals surface area contributed by atoms with Crippen molar-refractivity contribution in [3.8, 4) is 17.0 Å². The Balaban J connectivity index is 1.28. The van der Waals surface area contributed by atoms with E-state index in [-0.39, 0.29) is 5.56 Å². The third-order valence-electron chi connectivity index (χ3n) is 5.65. The van der Waals surface area contributed by atoms with Gasteiger partial charge in [0.2, 0.25) is 0 Å². The number of hydrogen-bond acceptors (Lipinski definition) is 5. The van der Waals surface area contributed by atoms with E-state index in [2.05, 4.69) is 20.9 Å². The Morgan fingerprint density at radius 1 is 0.969 bits per heavy atom. The molecule has 1 fully saturated rings. The molecular weight excluding hydrogens is 426 g/mol. The molecule has 1 N–H and O–H groups in total. The fourth-order valence-corrected chi connectivity index (χ4v) is 4.03. The van der Waals surface area contributed by atoms with Crippen LogP contribution < -0.4 is 4.74 Å². The number of carboxylic acids is 1. The summed E-state index contributed by atoms with van der Waals surface area (Å²) in [6.07, 6.45) is 1.83. The van der Waals surface area contributed by atoms with Crippen molar-refractivity contribution >= 4 is 17.6 Å². The molecule has 0 amide bonds. The molecule has 7 heteroatoms. The van der Waals surface area contributed by atoms with Gasteiger partial charge in [-0.2, -0.15) is 0 Å². The van der Waals surface area contributed by atoms with Gasteiger partial charge >= 0.3 is 5.97 Å². The number of carboxylic acid groups (broad SMARTS) is 1. The number of hydrogen-bond donors (Lipinski definition) is 1. The fourth-order valence-electron chi connectivity index (χ4n) is 3.90. The quantitative estimate of drug-likeness (QED) is 0.551. The second kappa shape index (κ2) is 10.6. The molecule has 0 bridgehead atoms. The molecule has 1 saturated heterocycles. The van der Waals surface area contributed by atoms with E-state index in [1.807, 2.05) is 36.5 Å². The Hall–Kier alpha value is -2.93. The Morgan fingerprint density at radius 3 is 2.44 bits per heavy atom. The van der Waals surface area contributed by atoms with Crippen molar-refractivity contribution in [2.24, 2.45) is 0 Å². The van der Waals surface area contributed by atoms with Gasteiger partial charge < -0.3 is 9.84 Å². The van der Waals surface area contributed by atoms with Gasteiger partial charge in [0.25, 0.3) is 0 Å². The molecule has 4 rings (SSSR count). The van der Waals surface area contributed by atoms with Crippen molar-refractivity contribution in [2.45, 2.75) is 6.54 Å². The van der Waals surface area contributed by atoms with Crippen LogP contribution in [-0.4, -0.2) is 65.2 Å². The molecule has 166 valence electrons. The second-order valence-electron chi connectivity index (χ2n) is 7.79. The van der Waals surface area contributed by atoms with Crippen molar-refractivity contribution in [1.29, 1.82) is 0 Å². The summed E-state index contributed by atoms with van der Waals surface area (Å²) >= 11 is 6.03. The van der Waals surface area contributed by atoms with Crippen LogP contribution in [0.4, 0.5) is 0 Å². The Bertz CT molecular complexity index is 1050. The smallest absolute Gasteiger partial charge is 0.339 e. The van der Waals surface area contributed by atoms with Crippen molar-refractivity contribution in [2.75, 3.05) is 39.3 Å². The number of para-hydroxylation sites is 1. The third kappa shape index (κ3) is 5.65. The van der Waals surface area contributed by atoms with Gasteiger partial charge in [0.1, 0.15) is 17.9 Å². The van der Waals surface area contributed by atoms with E-state index < -0.39 is 5.97 Å². The number of aromatic nitrogens is 1. The molecule has 0 saturated carbocycles. The van der Waals surface area contributed by atoms with Crippen LogP contribution in [0.1, 0.15) is 15.9 Å². The van der Waals surface area contributed by atoms with Crippen LogP contribution in [0.2, 0.25) is 5.02 Å².